The molecule has 0 bridgehead atoms. The van der Waals surface area contributed by atoms with Gasteiger partial charge in [-0.2, -0.15) is 0 Å². The number of hydrogen-bond acceptors (Lipinski definition) is 5. The lowest BCUT2D eigenvalue weighted by Gasteiger charge is -2.11. The molecule has 0 saturated heterocycles. The molecule has 3 rings (SSSR count). The molecular weight excluding hydrogens is 380 g/mol. The highest BCUT2D eigenvalue weighted by Gasteiger charge is 2.09. The molecular formula is C24H26N2O4. The van der Waals surface area contributed by atoms with Crippen LogP contribution in [0.3, 0.4) is 0 Å². The van der Waals surface area contributed by atoms with E-state index in [1.54, 1.807) is 38.6 Å². The Hall–Kier alpha value is -3.54. The third-order valence-corrected chi connectivity index (χ3v) is 4.66. The molecule has 0 radical (unpaired) electrons. The number of benzene rings is 2. The molecule has 3 aromatic rings. The van der Waals surface area contributed by atoms with Crippen molar-refractivity contribution in [2.24, 2.45) is 0 Å². The lowest BCUT2D eigenvalue weighted by Crippen LogP contribution is -2.24. The molecule has 1 heterocycles. The van der Waals surface area contributed by atoms with Crippen molar-refractivity contribution < 1.29 is 19.0 Å². The summed E-state index contributed by atoms with van der Waals surface area (Å²) in [5.74, 6) is 2.46. The fraction of sp³-hybridized carbons (Fsp3) is 0.250. The number of nitrogens with zero attached hydrogens (tertiary/aromatic N) is 1. The van der Waals surface area contributed by atoms with Gasteiger partial charge in [0.15, 0.2) is 11.5 Å². The normalized spacial score (nSPS) is 10.4. The first-order chi connectivity index (χ1) is 14.5. The van der Waals surface area contributed by atoms with Crippen LogP contribution in [0.1, 0.15) is 22.3 Å². The van der Waals surface area contributed by atoms with E-state index in [1.807, 2.05) is 44.2 Å². The van der Waals surface area contributed by atoms with Crippen LogP contribution in [0.4, 0.5) is 0 Å². The maximum absolute atomic E-state index is 12.3. The fourth-order valence-electron chi connectivity index (χ4n) is 2.94. The summed E-state index contributed by atoms with van der Waals surface area (Å²) in [4.78, 5) is 16.6. The van der Waals surface area contributed by atoms with E-state index in [-0.39, 0.29) is 12.3 Å². The molecule has 0 aliphatic carbocycles. The van der Waals surface area contributed by atoms with E-state index in [2.05, 4.69) is 10.3 Å². The van der Waals surface area contributed by atoms with E-state index in [4.69, 9.17) is 14.2 Å². The summed E-state index contributed by atoms with van der Waals surface area (Å²) in [6.07, 6.45) is 1.96. The molecule has 156 valence electrons. The minimum absolute atomic E-state index is 0.0852. The second-order valence-electron chi connectivity index (χ2n) is 7.02. The molecule has 0 fully saturated rings. The van der Waals surface area contributed by atoms with Crippen LogP contribution in [0.2, 0.25) is 0 Å². The van der Waals surface area contributed by atoms with Gasteiger partial charge in [-0.05, 0) is 54.3 Å². The van der Waals surface area contributed by atoms with Crippen LogP contribution in [0.25, 0.3) is 0 Å². The van der Waals surface area contributed by atoms with Crippen LogP contribution in [0.5, 0.6) is 23.1 Å². The summed E-state index contributed by atoms with van der Waals surface area (Å²) >= 11 is 0. The highest BCUT2D eigenvalue weighted by atomic mass is 16.5. The number of aromatic nitrogens is 1. The summed E-state index contributed by atoms with van der Waals surface area (Å²) in [7, 11) is 3.15. The van der Waals surface area contributed by atoms with Crippen LogP contribution < -0.4 is 19.5 Å². The number of methoxy groups -OCH3 is 2. The molecule has 2 aromatic carbocycles. The maximum Gasteiger partial charge on any atom is 0.224 e. The Morgan fingerprint density at radius 3 is 2.37 bits per heavy atom. The Morgan fingerprint density at radius 2 is 1.67 bits per heavy atom. The number of aryl methyl sites for hydroxylation is 2. The van der Waals surface area contributed by atoms with Gasteiger partial charge in [-0.15, -0.1) is 0 Å². The molecule has 1 aromatic heterocycles. The summed E-state index contributed by atoms with van der Waals surface area (Å²) in [5, 5.41) is 2.91. The van der Waals surface area contributed by atoms with Crippen molar-refractivity contribution in [1.82, 2.24) is 10.3 Å². The Kier molecular flexibility index (Phi) is 6.91. The van der Waals surface area contributed by atoms with Crippen molar-refractivity contribution in [1.29, 1.82) is 0 Å². The van der Waals surface area contributed by atoms with Gasteiger partial charge >= 0.3 is 0 Å². The number of rotatable bonds is 8. The Bertz CT molecular complexity index is 1020. The number of hydrogen-bond donors (Lipinski definition) is 1. The molecule has 1 amide bonds. The lowest BCUT2D eigenvalue weighted by molar-refractivity contribution is -0.120. The second-order valence-corrected chi connectivity index (χ2v) is 7.02. The number of ether oxygens (including phenoxy) is 3. The van der Waals surface area contributed by atoms with E-state index in [9.17, 15) is 4.79 Å². The molecule has 0 aliphatic rings. The van der Waals surface area contributed by atoms with Crippen molar-refractivity contribution in [2.45, 2.75) is 26.8 Å². The van der Waals surface area contributed by atoms with Crippen LogP contribution in [0.15, 0.2) is 54.7 Å². The maximum atomic E-state index is 12.3. The lowest BCUT2D eigenvalue weighted by atomic mass is 10.1. The van der Waals surface area contributed by atoms with Gasteiger partial charge in [0.05, 0.1) is 20.6 Å². The Labute approximate surface area is 176 Å². The second kappa shape index (κ2) is 9.78. The molecule has 6 nitrogen and oxygen atoms in total. The van der Waals surface area contributed by atoms with Gasteiger partial charge in [-0.1, -0.05) is 24.3 Å². The van der Waals surface area contributed by atoms with Crippen molar-refractivity contribution in [2.75, 3.05) is 14.2 Å². The van der Waals surface area contributed by atoms with Crippen LogP contribution in [-0.2, 0) is 17.8 Å². The van der Waals surface area contributed by atoms with E-state index in [0.717, 1.165) is 28.0 Å². The zero-order chi connectivity index (χ0) is 21.5. The highest BCUT2D eigenvalue weighted by Crippen LogP contribution is 2.28. The molecule has 0 atom stereocenters. The molecule has 0 unspecified atom stereocenters. The number of carbonyl (C=O) groups is 1. The summed E-state index contributed by atoms with van der Waals surface area (Å²) in [6, 6.07) is 15.2. The highest BCUT2D eigenvalue weighted by molar-refractivity contribution is 5.78. The summed E-state index contributed by atoms with van der Waals surface area (Å²) in [5.41, 5.74) is 3.92. The number of carbonyl (C=O) groups excluding carboxylic acids is 1. The summed E-state index contributed by atoms with van der Waals surface area (Å²) < 4.78 is 16.4. The number of nitrogens with one attached hydrogen (secondary N) is 1. The zero-order valence-corrected chi connectivity index (χ0v) is 17.7. The first-order valence-corrected chi connectivity index (χ1v) is 9.66. The zero-order valence-electron chi connectivity index (χ0n) is 17.7. The first kappa shape index (κ1) is 21.2. The van der Waals surface area contributed by atoms with E-state index in [1.165, 1.54) is 0 Å². The standard InChI is InChI=1S/C24H26N2O4/c1-16-5-6-17(2)21(11-16)30-24-10-8-19(15-26-24)14-25-23(27)13-18-7-9-20(28-3)22(12-18)29-4/h5-12,15H,13-14H2,1-4H3,(H,25,27). The average Bonchev–Trinajstić information content (AvgIpc) is 2.75. The molecule has 0 aliphatic heterocycles. The van der Waals surface area contributed by atoms with Crippen molar-refractivity contribution in [3.8, 4) is 23.1 Å². The van der Waals surface area contributed by atoms with Gasteiger partial charge in [-0.3, -0.25) is 4.79 Å². The van der Waals surface area contributed by atoms with Crippen LogP contribution >= 0.6 is 0 Å². The van der Waals surface area contributed by atoms with Gasteiger partial charge < -0.3 is 19.5 Å². The van der Waals surface area contributed by atoms with Gasteiger partial charge in [0.25, 0.3) is 0 Å². The van der Waals surface area contributed by atoms with Crippen molar-refractivity contribution in [3.05, 3.63) is 77.0 Å². The van der Waals surface area contributed by atoms with Crippen molar-refractivity contribution in [3.63, 3.8) is 0 Å². The Balaban J connectivity index is 1.54. The van der Waals surface area contributed by atoms with Crippen molar-refractivity contribution >= 4 is 5.91 Å². The topological polar surface area (TPSA) is 69.7 Å². The predicted molar refractivity (Wildman–Crippen MR) is 115 cm³/mol. The third-order valence-electron chi connectivity index (χ3n) is 4.66. The average molecular weight is 406 g/mol. The molecule has 0 spiro atoms. The summed E-state index contributed by atoms with van der Waals surface area (Å²) in [6.45, 7) is 4.41. The molecule has 6 heteroatoms. The SMILES string of the molecule is COc1ccc(CC(=O)NCc2ccc(Oc3cc(C)ccc3C)nc2)cc1OC. The minimum atomic E-state index is -0.0852. The quantitative estimate of drug-likeness (QED) is 0.602. The third kappa shape index (κ3) is 5.50. The first-order valence-electron chi connectivity index (χ1n) is 9.66. The predicted octanol–water partition coefficient (Wildman–Crippen LogP) is 4.37. The van der Waals surface area contributed by atoms with E-state index in [0.29, 0.717) is 23.9 Å². The number of pyridine rings is 1. The van der Waals surface area contributed by atoms with E-state index >= 15 is 0 Å². The molecule has 1 N–H and O–H groups in total. The van der Waals surface area contributed by atoms with Crippen LogP contribution in [0, 0.1) is 13.8 Å². The molecule has 0 saturated carbocycles. The largest absolute Gasteiger partial charge is 0.493 e. The van der Waals surface area contributed by atoms with Gasteiger partial charge in [0.1, 0.15) is 5.75 Å². The van der Waals surface area contributed by atoms with E-state index < -0.39 is 0 Å². The molecule has 30 heavy (non-hydrogen) atoms. The fourth-order valence-corrected chi connectivity index (χ4v) is 2.94. The number of amides is 1. The minimum Gasteiger partial charge on any atom is -0.493 e. The Morgan fingerprint density at radius 1 is 0.900 bits per heavy atom. The van der Waals surface area contributed by atoms with Gasteiger partial charge in [0.2, 0.25) is 11.8 Å². The van der Waals surface area contributed by atoms with Gasteiger partial charge in [-0.25, -0.2) is 4.98 Å². The van der Waals surface area contributed by atoms with Crippen LogP contribution in [-0.4, -0.2) is 25.1 Å². The monoisotopic (exact) mass is 406 g/mol. The van der Waals surface area contributed by atoms with Gasteiger partial charge in [0, 0.05) is 18.8 Å². The smallest absolute Gasteiger partial charge is 0.224 e.